The molecule has 2 aromatic carbocycles. The van der Waals surface area contributed by atoms with Crippen molar-refractivity contribution < 1.29 is 19.1 Å². The van der Waals surface area contributed by atoms with Crippen molar-refractivity contribution in [3.8, 4) is 11.5 Å². The number of guanidine groups is 1. The Morgan fingerprint density at radius 1 is 1.12 bits per heavy atom. The van der Waals surface area contributed by atoms with E-state index in [1.165, 1.54) is 5.56 Å². The molecule has 0 radical (unpaired) electrons. The number of hydrogen-bond acceptors (Lipinski definition) is 7. The molecule has 5 rings (SSSR count). The zero-order valence-electron chi connectivity index (χ0n) is 18.5. The van der Waals surface area contributed by atoms with Crippen LogP contribution in [-0.4, -0.2) is 66.6 Å². The zero-order chi connectivity index (χ0) is 22.8. The lowest BCUT2D eigenvalue weighted by atomic mass is 10.1. The second-order valence-electron chi connectivity index (χ2n) is 8.53. The van der Waals surface area contributed by atoms with E-state index in [-0.39, 0.29) is 25.0 Å². The lowest BCUT2D eigenvalue weighted by Gasteiger charge is -2.37. The Balaban J connectivity index is 1.19. The largest absolute Gasteiger partial charge is 0.454 e. The van der Waals surface area contributed by atoms with Crippen molar-refractivity contribution in [3.63, 3.8) is 0 Å². The highest BCUT2D eigenvalue weighted by atomic mass is 16.7. The van der Waals surface area contributed by atoms with Crippen molar-refractivity contribution >= 4 is 23.5 Å². The molecule has 3 aliphatic rings. The van der Waals surface area contributed by atoms with Crippen LogP contribution in [0.5, 0.6) is 11.5 Å². The van der Waals surface area contributed by atoms with Gasteiger partial charge < -0.3 is 19.7 Å². The van der Waals surface area contributed by atoms with Crippen LogP contribution in [0, 0.1) is 6.92 Å². The summed E-state index contributed by atoms with van der Waals surface area (Å²) in [6.07, 6.45) is 0.0469. The molecule has 33 heavy (non-hydrogen) atoms. The van der Waals surface area contributed by atoms with E-state index in [0.29, 0.717) is 11.6 Å². The van der Waals surface area contributed by atoms with Gasteiger partial charge in [0.15, 0.2) is 11.5 Å². The number of aliphatic imine (C=N–C) groups is 1. The SMILES string of the molecule is Cc1cccc(NC(=O)C2CC(=O)NC(N3CCN(Cc4ccc5c(c4)OCO5)CC3)=N2)c1. The van der Waals surface area contributed by atoms with E-state index in [0.717, 1.165) is 49.8 Å². The third kappa shape index (κ3) is 4.93. The second-order valence-corrected chi connectivity index (χ2v) is 8.53. The highest BCUT2D eigenvalue weighted by Crippen LogP contribution is 2.32. The number of rotatable bonds is 4. The number of hydrogen-bond donors (Lipinski definition) is 2. The van der Waals surface area contributed by atoms with E-state index in [9.17, 15) is 9.59 Å². The molecule has 1 atom stereocenters. The maximum atomic E-state index is 12.7. The average molecular weight is 450 g/mol. The van der Waals surface area contributed by atoms with Gasteiger partial charge in [0.1, 0.15) is 6.04 Å². The maximum Gasteiger partial charge on any atom is 0.249 e. The second kappa shape index (κ2) is 9.11. The van der Waals surface area contributed by atoms with Crippen molar-refractivity contribution in [1.82, 2.24) is 15.1 Å². The number of anilines is 1. The molecule has 1 unspecified atom stereocenters. The van der Waals surface area contributed by atoms with Gasteiger partial charge in [-0.1, -0.05) is 18.2 Å². The fourth-order valence-electron chi connectivity index (χ4n) is 4.25. The molecule has 2 amide bonds. The molecule has 3 heterocycles. The molecular formula is C24H27N5O4. The van der Waals surface area contributed by atoms with Gasteiger partial charge in [0.25, 0.3) is 0 Å². The number of benzene rings is 2. The van der Waals surface area contributed by atoms with Gasteiger partial charge in [-0.05, 0) is 42.3 Å². The Bertz CT molecular complexity index is 1090. The van der Waals surface area contributed by atoms with Crippen LogP contribution in [0.15, 0.2) is 47.5 Å². The summed E-state index contributed by atoms with van der Waals surface area (Å²) in [4.78, 5) is 34.0. The molecular weight excluding hydrogens is 422 g/mol. The van der Waals surface area contributed by atoms with Gasteiger partial charge in [0, 0.05) is 38.4 Å². The predicted octanol–water partition coefficient (Wildman–Crippen LogP) is 1.72. The first kappa shape index (κ1) is 21.3. The fourth-order valence-corrected chi connectivity index (χ4v) is 4.25. The lowest BCUT2D eigenvalue weighted by molar-refractivity contribution is -0.125. The van der Waals surface area contributed by atoms with Crippen LogP contribution in [0.2, 0.25) is 0 Å². The maximum absolute atomic E-state index is 12.7. The molecule has 0 aliphatic carbocycles. The van der Waals surface area contributed by atoms with Crippen molar-refractivity contribution in [2.75, 3.05) is 38.3 Å². The topological polar surface area (TPSA) is 95.5 Å². The number of carbonyl (C=O) groups is 2. The third-order valence-electron chi connectivity index (χ3n) is 6.01. The zero-order valence-corrected chi connectivity index (χ0v) is 18.5. The highest BCUT2D eigenvalue weighted by Gasteiger charge is 2.30. The number of piperazine rings is 1. The molecule has 0 aromatic heterocycles. The summed E-state index contributed by atoms with van der Waals surface area (Å²) < 4.78 is 10.8. The van der Waals surface area contributed by atoms with E-state index in [4.69, 9.17) is 9.47 Å². The van der Waals surface area contributed by atoms with E-state index in [1.54, 1.807) is 0 Å². The third-order valence-corrected chi connectivity index (χ3v) is 6.01. The van der Waals surface area contributed by atoms with Crippen LogP contribution >= 0.6 is 0 Å². The van der Waals surface area contributed by atoms with E-state index in [1.807, 2.05) is 48.2 Å². The molecule has 9 heteroatoms. The summed E-state index contributed by atoms with van der Waals surface area (Å²) in [7, 11) is 0. The smallest absolute Gasteiger partial charge is 0.249 e. The normalized spacial score (nSPS) is 20.3. The van der Waals surface area contributed by atoms with Gasteiger partial charge in [0.05, 0.1) is 6.42 Å². The summed E-state index contributed by atoms with van der Waals surface area (Å²) in [5, 5.41) is 5.72. The van der Waals surface area contributed by atoms with Crippen LogP contribution in [-0.2, 0) is 16.1 Å². The van der Waals surface area contributed by atoms with Crippen LogP contribution in [0.1, 0.15) is 17.5 Å². The predicted molar refractivity (Wildman–Crippen MR) is 123 cm³/mol. The van der Waals surface area contributed by atoms with Gasteiger partial charge in [0.2, 0.25) is 24.6 Å². The standard InChI is InChI=1S/C24H27N5O4/c1-16-3-2-4-18(11-16)25-23(31)19-13-22(30)27-24(26-19)29-9-7-28(8-10-29)14-17-5-6-20-21(12-17)33-15-32-20/h2-6,11-12,19H,7-10,13-15H2,1H3,(H,25,31)(H,26,27,30). The minimum Gasteiger partial charge on any atom is -0.454 e. The first-order chi connectivity index (χ1) is 16.0. The molecule has 0 bridgehead atoms. The average Bonchev–Trinajstić information content (AvgIpc) is 3.27. The van der Waals surface area contributed by atoms with Gasteiger partial charge in [-0.2, -0.15) is 0 Å². The minimum absolute atomic E-state index is 0.0469. The summed E-state index contributed by atoms with van der Waals surface area (Å²) in [5.41, 5.74) is 2.93. The quantitative estimate of drug-likeness (QED) is 0.738. The van der Waals surface area contributed by atoms with Crippen LogP contribution < -0.4 is 20.1 Å². The van der Waals surface area contributed by atoms with Gasteiger partial charge in [-0.15, -0.1) is 0 Å². The highest BCUT2D eigenvalue weighted by molar-refractivity contribution is 6.06. The van der Waals surface area contributed by atoms with Gasteiger partial charge >= 0.3 is 0 Å². The Morgan fingerprint density at radius 3 is 2.76 bits per heavy atom. The Kier molecular flexibility index (Phi) is 5.87. The number of aryl methyl sites for hydroxylation is 1. The van der Waals surface area contributed by atoms with Crippen molar-refractivity contribution in [1.29, 1.82) is 0 Å². The number of nitrogens with zero attached hydrogens (tertiary/aromatic N) is 3. The monoisotopic (exact) mass is 449 g/mol. The van der Waals surface area contributed by atoms with E-state index < -0.39 is 6.04 Å². The first-order valence-electron chi connectivity index (χ1n) is 11.1. The Labute approximate surface area is 192 Å². The number of fused-ring (bicyclic) bond motifs is 1. The van der Waals surface area contributed by atoms with Gasteiger partial charge in [-0.3, -0.25) is 19.8 Å². The fraction of sp³-hybridized carbons (Fsp3) is 0.375. The summed E-state index contributed by atoms with van der Waals surface area (Å²) in [6.45, 7) is 6.13. The molecule has 2 aromatic rings. The summed E-state index contributed by atoms with van der Waals surface area (Å²) >= 11 is 0. The lowest BCUT2D eigenvalue weighted by Crippen LogP contribution is -2.56. The molecule has 9 nitrogen and oxygen atoms in total. The van der Waals surface area contributed by atoms with Crippen LogP contribution in [0.4, 0.5) is 5.69 Å². The van der Waals surface area contributed by atoms with Crippen LogP contribution in [0.25, 0.3) is 0 Å². The van der Waals surface area contributed by atoms with Crippen molar-refractivity contribution in [2.45, 2.75) is 25.9 Å². The first-order valence-corrected chi connectivity index (χ1v) is 11.1. The molecule has 172 valence electrons. The Hall–Kier alpha value is -3.59. The van der Waals surface area contributed by atoms with Crippen molar-refractivity contribution in [3.05, 3.63) is 53.6 Å². The molecule has 0 saturated carbocycles. The minimum atomic E-state index is -0.735. The van der Waals surface area contributed by atoms with Crippen molar-refractivity contribution in [2.24, 2.45) is 4.99 Å². The molecule has 3 aliphatic heterocycles. The number of nitrogens with one attached hydrogen (secondary N) is 2. The van der Waals surface area contributed by atoms with E-state index >= 15 is 0 Å². The number of carbonyl (C=O) groups excluding carboxylic acids is 2. The molecule has 1 saturated heterocycles. The van der Waals surface area contributed by atoms with Gasteiger partial charge in [-0.25, -0.2) is 4.99 Å². The molecule has 1 fully saturated rings. The summed E-state index contributed by atoms with van der Waals surface area (Å²) in [6, 6.07) is 12.9. The van der Waals surface area contributed by atoms with Crippen LogP contribution in [0.3, 0.4) is 0 Å². The number of ether oxygens (including phenoxy) is 2. The molecule has 2 N–H and O–H groups in total. The summed E-state index contributed by atoms with van der Waals surface area (Å²) in [5.74, 6) is 1.61. The Morgan fingerprint density at radius 2 is 1.94 bits per heavy atom. The number of amides is 2. The molecule has 0 spiro atoms. The van der Waals surface area contributed by atoms with E-state index in [2.05, 4.69) is 26.6 Å².